The fourth-order valence-electron chi connectivity index (χ4n) is 2.63. The van der Waals surface area contributed by atoms with Crippen molar-refractivity contribution >= 4 is 41.0 Å². The zero-order valence-electron chi connectivity index (χ0n) is 13.4. The van der Waals surface area contributed by atoms with Crippen molar-refractivity contribution in [2.24, 2.45) is 5.16 Å². The molecule has 2 aliphatic rings. The second-order valence-corrected chi connectivity index (χ2v) is 6.59. The van der Waals surface area contributed by atoms with Crippen LogP contribution >= 0.6 is 11.8 Å². The van der Waals surface area contributed by atoms with E-state index >= 15 is 0 Å². The van der Waals surface area contributed by atoms with Gasteiger partial charge in [-0.15, -0.1) is 11.8 Å². The highest BCUT2D eigenvalue weighted by Gasteiger charge is 2.33. The Morgan fingerprint density at radius 3 is 3.04 bits per heavy atom. The highest BCUT2D eigenvalue weighted by atomic mass is 32.2. The van der Waals surface area contributed by atoms with E-state index in [9.17, 15) is 9.59 Å². The van der Waals surface area contributed by atoms with Crippen molar-refractivity contribution in [2.45, 2.75) is 17.9 Å². The Hall–Kier alpha value is -2.42. The van der Waals surface area contributed by atoms with E-state index in [0.717, 1.165) is 16.3 Å². The molecule has 9 heteroatoms. The number of amides is 2. The predicted octanol–water partition coefficient (Wildman–Crippen LogP) is 1.48. The van der Waals surface area contributed by atoms with Crippen molar-refractivity contribution in [3.05, 3.63) is 18.2 Å². The molecular formula is C15H18N4O4S. The number of oxime groups is 1. The Kier molecular flexibility index (Phi) is 4.52. The lowest BCUT2D eigenvalue weighted by Gasteiger charge is -2.28. The minimum atomic E-state index is -0.419. The van der Waals surface area contributed by atoms with Gasteiger partial charge in [-0.3, -0.25) is 9.69 Å². The average Bonchev–Trinajstić information content (AvgIpc) is 2.94. The van der Waals surface area contributed by atoms with Gasteiger partial charge >= 0.3 is 6.09 Å². The number of nitrogens with zero attached hydrogens (tertiary/aromatic N) is 3. The van der Waals surface area contributed by atoms with E-state index in [1.807, 2.05) is 30.1 Å². The number of ether oxygens (including phenoxy) is 1. The van der Waals surface area contributed by atoms with Crippen molar-refractivity contribution in [3.63, 3.8) is 0 Å². The molecule has 0 radical (unpaired) electrons. The topological polar surface area (TPSA) is 94.5 Å². The summed E-state index contributed by atoms with van der Waals surface area (Å²) < 4.78 is 5.28. The summed E-state index contributed by atoms with van der Waals surface area (Å²) in [5.41, 5.74) is 1.67. The molecule has 2 aliphatic heterocycles. The molecule has 1 fully saturated rings. The zero-order valence-corrected chi connectivity index (χ0v) is 14.2. The van der Waals surface area contributed by atoms with Gasteiger partial charge in [-0.1, -0.05) is 5.16 Å². The molecule has 2 amide bonds. The summed E-state index contributed by atoms with van der Waals surface area (Å²) in [6, 6.07) is 5.64. The van der Waals surface area contributed by atoms with Crippen LogP contribution in [-0.2, 0) is 9.53 Å². The summed E-state index contributed by atoms with van der Waals surface area (Å²) >= 11 is 1.55. The number of amidine groups is 1. The van der Waals surface area contributed by atoms with Crippen LogP contribution in [0.2, 0.25) is 0 Å². The first-order valence-corrected chi connectivity index (χ1v) is 8.42. The SMILES string of the molecule is CC(=O)NC[C@H]1CN(c2ccc3c(c2)SC/C(=N\O)N3C)C(=O)O1. The molecule has 1 saturated heterocycles. The number of rotatable bonds is 3. The third-order valence-corrected chi connectivity index (χ3v) is 4.97. The monoisotopic (exact) mass is 350 g/mol. The first-order valence-electron chi connectivity index (χ1n) is 7.43. The third kappa shape index (κ3) is 3.12. The maximum absolute atomic E-state index is 12.1. The van der Waals surface area contributed by atoms with Crippen LogP contribution in [0.1, 0.15) is 6.92 Å². The van der Waals surface area contributed by atoms with Gasteiger partial charge in [0.2, 0.25) is 5.91 Å². The van der Waals surface area contributed by atoms with Crippen LogP contribution < -0.4 is 15.1 Å². The summed E-state index contributed by atoms with van der Waals surface area (Å²) in [4.78, 5) is 27.4. The first kappa shape index (κ1) is 16.4. The van der Waals surface area contributed by atoms with Crippen LogP contribution in [0.4, 0.5) is 16.2 Å². The lowest BCUT2D eigenvalue weighted by atomic mass is 10.2. The van der Waals surface area contributed by atoms with Gasteiger partial charge in [0.15, 0.2) is 5.84 Å². The molecule has 0 aliphatic carbocycles. The van der Waals surface area contributed by atoms with Crippen LogP contribution in [0.3, 0.4) is 0 Å². The van der Waals surface area contributed by atoms with Crippen LogP contribution in [0, 0.1) is 0 Å². The molecule has 0 saturated carbocycles. The Morgan fingerprint density at radius 2 is 2.33 bits per heavy atom. The van der Waals surface area contributed by atoms with E-state index in [2.05, 4.69) is 10.5 Å². The molecule has 3 rings (SSSR count). The van der Waals surface area contributed by atoms with Crippen molar-refractivity contribution in [1.82, 2.24) is 5.32 Å². The number of nitrogens with one attached hydrogen (secondary N) is 1. The fraction of sp³-hybridized carbons (Fsp3) is 0.400. The number of carbonyl (C=O) groups excluding carboxylic acids is 2. The number of cyclic esters (lactones) is 1. The Labute approximate surface area is 143 Å². The normalized spacial score (nSPS) is 21.7. The lowest BCUT2D eigenvalue weighted by Crippen LogP contribution is -2.33. The van der Waals surface area contributed by atoms with Gasteiger partial charge in [-0.2, -0.15) is 0 Å². The van der Waals surface area contributed by atoms with Gasteiger partial charge in [0.05, 0.1) is 24.5 Å². The van der Waals surface area contributed by atoms with Gasteiger partial charge in [-0.05, 0) is 18.2 Å². The van der Waals surface area contributed by atoms with Crippen LogP contribution in [0.15, 0.2) is 28.3 Å². The van der Waals surface area contributed by atoms with E-state index in [0.29, 0.717) is 24.7 Å². The van der Waals surface area contributed by atoms with Gasteiger partial charge in [0.25, 0.3) is 0 Å². The summed E-state index contributed by atoms with van der Waals surface area (Å²) in [6.45, 7) is 2.12. The average molecular weight is 350 g/mol. The maximum atomic E-state index is 12.1. The highest BCUT2D eigenvalue weighted by molar-refractivity contribution is 8.00. The molecule has 0 spiro atoms. The van der Waals surface area contributed by atoms with Gasteiger partial charge in [0.1, 0.15) is 6.10 Å². The lowest BCUT2D eigenvalue weighted by molar-refractivity contribution is -0.119. The number of benzene rings is 1. The molecular weight excluding hydrogens is 332 g/mol. The Morgan fingerprint density at radius 1 is 1.54 bits per heavy atom. The molecule has 128 valence electrons. The molecule has 1 atom stereocenters. The number of thioether (sulfide) groups is 1. The minimum Gasteiger partial charge on any atom is -0.442 e. The molecule has 0 unspecified atom stereocenters. The van der Waals surface area contributed by atoms with Crippen LogP contribution in [-0.4, -0.2) is 55.0 Å². The van der Waals surface area contributed by atoms with E-state index in [1.165, 1.54) is 6.92 Å². The van der Waals surface area contributed by atoms with Gasteiger partial charge < -0.3 is 20.2 Å². The fourth-order valence-corrected chi connectivity index (χ4v) is 3.73. The van der Waals surface area contributed by atoms with Crippen LogP contribution in [0.5, 0.6) is 0 Å². The predicted molar refractivity (Wildman–Crippen MR) is 91.1 cm³/mol. The van der Waals surface area contributed by atoms with E-state index in [-0.39, 0.29) is 12.0 Å². The highest BCUT2D eigenvalue weighted by Crippen LogP contribution is 2.38. The second-order valence-electron chi connectivity index (χ2n) is 5.57. The van der Waals surface area contributed by atoms with E-state index < -0.39 is 6.09 Å². The first-order chi connectivity index (χ1) is 11.5. The molecule has 1 aromatic rings. The van der Waals surface area contributed by atoms with Crippen LogP contribution in [0.25, 0.3) is 0 Å². The molecule has 2 heterocycles. The standard InChI is InChI=1S/C15H18N4O4S/c1-9(20)16-6-11-7-19(15(21)23-11)10-3-4-12-13(5-10)24-8-14(17-22)18(12)2/h3-5,11,22H,6-8H2,1-2H3,(H,16,20)/b17-14+/t11-/m0/s1. The molecule has 1 aromatic carbocycles. The minimum absolute atomic E-state index is 0.154. The van der Waals surface area contributed by atoms with E-state index in [1.54, 1.807) is 16.7 Å². The summed E-state index contributed by atoms with van der Waals surface area (Å²) in [7, 11) is 1.83. The van der Waals surface area contributed by atoms with Crippen molar-refractivity contribution in [1.29, 1.82) is 0 Å². The molecule has 0 aromatic heterocycles. The zero-order chi connectivity index (χ0) is 17.3. The Bertz CT molecular complexity index is 709. The molecule has 24 heavy (non-hydrogen) atoms. The molecule has 0 bridgehead atoms. The smallest absolute Gasteiger partial charge is 0.414 e. The quantitative estimate of drug-likeness (QED) is 0.633. The maximum Gasteiger partial charge on any atom is 0.414 e. The number of hydrogen-bond donors (Lipinski definition) is 2. The van der Waals surface area contributed by atoms with Crippen molar-refractivity contribution in [3.8, 4) is 0 Å². The molecule has 2 N–H and O–H groups in total. The number of hydrogen-bond acceptors (Lipinski definition) is 6. The largest absolute Gasteiger partial charge is 0.442 e. The summed E-state index contributed by atoms with van der Waals surface area (Å²) in [5, 5.41) is 14.9. The Balaban J connectivity index is 1.77. The number of anilines is 2. The molecule has 8 nitrogen and oxygen atoms in total. The second kappa shape index (κ2) is 6.60. The van der Waals surface area contributed by atoms with Crippen molar-refractivity contribution < 1.29 is 19.5 Å². The summed E-state index contributed by atoms with van der Waals surface area (Å²) in [6.07, 6.45) is -0.780. The number of fused-ring (bicyclic) bond motifs is 1. The van der Waals surface area contributed by atoms with Crippen molar-refractivity contribution in [2.75, 3.05) is 35.7 Å². The van der Waals surface area contributed by atoms with E-state index in [4.69, 9.17) is 9.94 Å². The van der Waals surface area contributed by atoms with Gasteiger partial charge in [-0.25, -0.2) is 4.79 Å². The van der Waals surface area contributed by atoms with Gasteiger partial charge in [0, 0.05) is 24.6 Å². The third-order valence-electron chi connectivity index (χ3n) is 3.93. The number of carbonyl (C=O) groups is 2. The summed E-state index contributed by atoms with van der Waals surface area (Å²) in [5.74, 6) is 0.981.